The van der Waals surface area contributed by atoms with E-state index in [0.717, 1.165) is 96.3 Å². The third-order valence-corrected chi connectivity index (χ3v) is 17.5. The Labute approximate surface area is 524 Å². The van der Waals surface area contributed by atoms with Crippen LogP contribution in [0, 0.1) is 0 Å². The molecule has 0 saturated carbocycles. The zero-order chi connectivity index (χ0) is 63.3. The molecule has 0 heterocycles. The number of unbranched alkanes of at least 4 members (excludes halogenated alkanes) is 42. The van der Waals surface area contributed by atoms with Gasteiger partial charge in [0.25, 0.3) is 0 Å². The van der Waals surface area contributed by atoms with Crippen LogP contribution in [0.4, 0.5) is 0 Å². The Morgan fingerprint density at radius 2 is 0.465 bits per heavy atom. The highest BCUT2D eigenvalue weighted by molar-refractivity contribution is 7.47. The summed E-state index contributed by atoms with van der Waals surface area (Å²) in [4.78, 5) is 72.1. The number of ether oxygens (including phenoxy) is 4. The Bertz CT molecular complexity index is 1650. The van der Waals surface area contributed by atoms with E-state index in [1.165, 1.54) is 173 Å². The van der Waals surface area contributed by atoms with Crippen LogP contribution in [-0.4, -0.2) is 96.7 Å². The van der Waals surface area contributed by atoms with E-state index in [4.69, 9.17) is 37.0 Å². The Balaban J connectivity index is 5.16. The van der Waals surface area contributed by atoms with E-state index in [-0.39, 0.29) is 25.7 Å². The second-order valence-corrected chi connectivity index (χ2v) is 27.1. The molecule has 0 aromatic rings. The van der Waals surface area contributed by atoms with Crippen LogP contribution >= 0.6 is 15.6 Å². The molecule has 0 radical (unpaired) electrons. The number of hydrogen-bond donors (Lipinski definition) is 3. The van der Waals surface area contributed by atoms with Crippen molar-refractivity contribution in [2.45, 2.75) is 367 Å². The molecule has 0 spiro atoms. The van der Waals surface area contributed by atoms with Crippen molar-refractivity contribution in [1.29, 1.82) is 0 Å². The first kappa shape index (κ1) is 84.1. The Kier molecular flexibility index (Phi) is 60.5. The van der Waals surface area contributed by atoms with Crippen molar-refractivity contribution in [1.82, 2.24) is 0 Å². The van der Waals surface area contributed by atoms with Gasteiger partial charge in [0.1, 0.15) is 19.3 Å². The van der Waals surface area contributed by atoms with Gasteiger partial charge in [0, 0.05) is 25.7 Å². The first-order chi connectivity index (χ1) is 41.7. The summed E-state index contributed by atoms with van der Waals surface area (Å²) in [7, 11) is -9.88. The topological polar surface area (TPSA) is 237 Å². The van der Waals surface area contributed by atoms with Crippen molar-refractivity contribution in [3.63, 3.8) is 0 Å². The monoisotopic (exact) mass is 1270 g/mol. The van der Waals surface area contributed by atoms with E-state index in [1.807, 2.05) is 0 Å². The summed E-state index contributed by atoms with van der Waals surface area (Å²) >= 11 is 0. The van der Waals surface area contributed by atoms with E-state index >= 15 is 0 Å². The molecule has 2 unspecified atom stereocenters. The Morgan fingerprint density at radius 3 is 0.686 bits per heavy atom. The number of phosphoric acid groups is 2. The molecule has 0 rings (SSSR count). The molecule has 0 aliphatic rings. The molecule has 17 nitrogen and oxygen atoms in total. The number of esters is 4. The third-order valence-electron chi connectivity index (χ3n) is 15.6. The van der Waals surface area contributed by atoms with Crippen LogP contribution in [0.25, 0.3) is 0 Å². The molecule has 0 amide bonds. The van der Waals surface area contributed by atoms with Crippen molar-refractivity contribution >= 4 is 39.5 Å². The zero-order valence-electron chi connectivity index (χ0n) is 55.3. The summed E-state index contributed by atoms with van der Waals surface area (Å²) in [6.07, 6.45) is 48.8. The fraction of sp³-hybridized carbons (Fsp3) is 0.940. The van der Waals surface area contributed by atoms with Gasteiger partial charge in [-0.2, -0.15) is 0 Å². The second kappa shape index (κ2) is 61.9. The number of rotatable bonds is 68. The van der Waals surface area contributed by atoms with Gasteiger partial charge in [-0.3, -0.25) is 37.3 Å². The Hall–Kier alpha value is -1.94. The number of phosphoric ester groups is 2. The molecule has 19 heteroatoms. The highest BCUT2D eigenvalue weighted by Gasteiger charge is 2.30. The van der Waals surface area contributed by atoms with Crippen LogP contribution in [0.2, 0.25) is 0 Å². The number of hydrogen-bond acceptors (Lipinski definition) is 15. The number of carbonyl (C=O) groups is 4. The molecule has 3 N–H and O–H groups in total. The lowest BCUT2D eigenvalue weighted by Gasteiger charge is -2.21. The minimum Gasteiger partial charge on any atom is -0.462 e. The fourth-order valence-corrected chi connectivity index (χ4v) is 11.7. The predicted molar refractivity (Wildman–Crippen MR) is 345 cm³/mol. The summed E-state index contributed by atoms with van der Waals surface area (Å²) < 4.78 is 68.0. The maximum absolute atomic E-state index is 13.0. The lowest BCUT2D eigenvalue weighted by atomic mass is 10.0. The van der Waals surface area contributed by atoms with Crippen molar-refractivity contribution in [2.75, 3.05) is 39.6 Å². The predicted octanol–water partition coefficient (Wildman–Crippen LogP) is 19.1. The van der Waals surface area contributed by atoms with Crippen LogP contribution in [-0.2, 0) is 65.4 Å². The fourth-order valence-electron chi connectivity index (χ4n) is 10.2. The van der Waals surface area contributed by atoms with Crippen molar-refractivity contribution < 1.29 is 80.2 Å². The van der Waals surface area contributed by atoms with Crippen molar-refractivity contribution in [2.24, 2.45) is 0 Å². The van der Waals surface area contributed by atoms with Crippen LogP contribution in [0.5, 0.6) is 0 Å². The molecule has 0 aromatic carbocycles. The largest absolute Gasteiger partial charge is 0.472 e. The van der Waals surface area contributed by atoms with Crippen LogP contribution < -0.4 is 0 Å². The number of aliphatic hydroxyl groups excluding tert-OH is 1. The number of carbonyl (C=O) groups excluding carboxylic acids is 4. The molecule has 0 fully saturated rings. The molecule has 0 aliphatic heterocycles. The first-order valence-corrected chi connectivity index (χ1v) is 38.3. The first-order valence-electron chi connectivity index (χ1n) is 35.3. The maximum atomic E-state index is 13.0. The summed E-state index contributed by atoms with van der Waals surface area (Å²) in [5, 5.41) is 10.5. The van der Waals surface area contributed by atoms with Gasteiger partial charge in [-0.25, -0.2) is 9.13 Å². The summed E-state index contributed by atoms with van der Waals surface area (Å²) in [6.45, 7) is 4.84. The maximum Gasteiger partial charge on any atom is 0.472 e. The lowest BCUT2D eigenvalue weighted by Crippen LogP contribution is -2.30. The van der Waals surface area contributed by atoms with E-state index in [0.29, 0.717) is 25.7 Å². The Morgan fingerprint density at radius 1 is 0.279 bits per heavy atom. The SMILES string of the molecule is CCCCCCCCCCCCCCCCCCC(=O)O[C@H](COC(=O)CCCCCCCCCCCCCCCC)COP(=O)(O)OC[C@@H](O)COP(=O)(O)OC[C@@H](COC(=O)CCCCCCC)OC(=O)CCCCCCCCCCCCC. The third kappa shape index (κ3) is 60.9. The van der Waals surface area contributed by atoms with Crippen LogP contribution in [0.3, 0.4) is 0 Å². The normalized spacial score (nSPS) is 14.1. The molecular weight excluding hydrogens is 1140 g/mol. The smallest absolute Gasteiger partial charge is 0.462 e. The van der Waals surface area contributed by atoms with Gasteiger partial charge in [-0.15, -0.1) is 0 Å². The zero-order valence-corrected chi connectivity index (χ0v) is 57.1. The quantitative estimate of drug-likeness (QED) is 0.0222. The van der Waals surface area contributed by atoms with Crippen molar-refractivity contribution in [3.8, 4) is 0 Å². The second-order valence-electron chi connectivity index (χ2n) is 24.2. The molecular formula is C67H130O17P2. The van der Waals surface area contributed by atoms with E-state index in [9.17, 15) is 43.2 Å². The summed E-state index contributed by atoms with van der Waals surface area (Å²) in [5.74, 6) is -2.13. The minimum absolute atomic E-state index is 0.106. The highest BCUT2D eigenvalue weighted by Crippen LogP contribution is 2.45. The summed E-state index contributed by atoms with van der Waals surface area (Å²) in [6, 6.07) is 0. The van der Waals surface area contributed by atoms with Gasteiger partial charge >= 0.3 is 39.5 Å². The lowest BCUT2D eigenvalue weighted by molar-refractivity contribution is -0.161. The number of aliphatic hydroxyl groups is 1. The minimum atomic E-state index is -4.95. The average molecular weight is 1270 g/mol. The summed E-state index contributed by atoms with van der Waals surface area (Å²) in [5.41, 5.74) is 0. The van der Waals surface area contributed by atoms with Crippen LogP contribution in [0.1, 0.15) is 349 Å². The average Bonchev–Trinajstić information content (AvgIpc) is 3.71. The molecule has 0 aliphatic carbocycles. The van der Waals surface area contributed by atoms with Gasteiger partial charge < -0.3 is 33.8 Å². The van der Waals surface area contributed by atoms with Gasteiger partial charge in [-0.1, -0.05) is 297 Å². The van der Waals surface area contributed by atoms with E-state index in [1.54, 1.807) is 0 Å². The standard InChI is InChI=1S/C67H130O17P2/c1-5-9-13-17-20-23-26-28-30-31-33-36-39-42-46-50-54-67(72)84-63(58-78-65(70)52-48-44-40-37-35-32-29-27-24-21-18-14-10-6-2)60-82-86(75,76)80-56-61(68)55-79-85(73,74)81-59-62(57-77-64(69)51-47-43-16-12-8-4)83-66(71)53-49-45-41-38-34-25-22-19-15-11-7-3/h61-63,68H,5-60H2,1-4H3,(H,73,74)(H,75,76)/t61-,62+,63+/m0/s1. The molecule has 0 aromatic heterocycles. The van der Waals surface area contributed by atoms with Gasteiger partial charge in [-0.05, 0) is 25.7 Å². The van der Waals surface area contributed by atoms with E-state index in [2.05, 4.69) is 27.7 Å². The highest BCUT2D eigenvalue weighted by atomic mass is 31.2. The molecule has 0 bridgehead atoms. The van der Waals surface area contributed by atoms with Crippen molar-refractivity contribution in [3.05, 3.63) is 0 Å². The molecule has 86 heavy (non-hydrogen) atoms. The van der Waals surface area contributed by atoms with Crippen LogP contribution in [0.15, 0.2) is 0 Å². The van der Waals surface area contributed by atoms with Gasteiger partial charge in [0.2, 0.25) is 0 Å². The van der Waals surface area contributed by atoms with Gasteiger partial charge in [0.15, 0.2) is 12.2 Å². The molecule has 510 valence electrons. The van der Waals surface area contributed by atoms with Gasteiger partial charge in [0.05, 0.1) is 26.4 Å². The molecule has 5 atom stereocenters. The molecule has 0 saturated heterocycles. The van der Waals surface area contributed by atoms with E-state index < -0.39 is 97.5 Å².